The van der Waals surface area contributed by atoms with Crippen molar-refractivity contribution in [3.05, 3.63) is 0 Å². The quantitative estimate of drug-likeness (QED) is 0.727. The molecule has 2 rings (SSSR count). The van der Waals surface area contributed by atoms with Crippen LogP contribution in [0.2, 0.25) is 0 Å². The maximum absolute atomic E-state index is 11.8. The van der Waals surface area contributed by atoms with Crippen molar-refractivity contribution in [2.75, 3.05) is 20.2 Å². The highest BCUT2D eigenvalue weighted by molar-refractivity contribution is 5.79. The van der Waals surface area contributed by atoms with Gasteiger partial charge in [-0.1, -0.05) is 13.8 Å². The summed E-state index contributed by atoms with van der Waals surface area (Å²) in [7, 11) is 1.66. The molecule has 25 heavy (non-hydrogen) atoms. The number of methoxy groups -OCH3 is 1. The molecule has 2 unspecified atom stereocenters. The number of ether oxygens (including phenoxy) is 1. The monoisotopic (exact) mass is 370 g/mol. The molecule has 0 aromatic heterocycles. The van der Waals surface area contributed by atoms with Gasteiger partial charge in [0.15, 0.2) is 0 Å². The second kappa shape index (κ2) is 9.02. The van der Waals surface area contributed by atoms with Crippen molar-refractivity contribution in [3.8, 4) is 0 Å². The maximum atomic E-state index is 11.8. The molecule has 0 radical (unpaired) electrons. The van der Waals surface area contributed by atoms with Crippen LogP contribution in [0.3, 0.4) is 0 Å². The topological polar surface area (TPSA) is 110 Å². The third-order valence-corrected chi connectivity index (χ3v) is 4.62. The number of carbonyl (C=O) groups excluding carboxylic acids is 2. The maximum Gasteiger partial charge on any atom is 0.470 e. The predicted octanol–water partition coefficient (Wildman–Crippen LogP) is 1.26. The van der Waals surface area contributed by atoms with Crippen molar-refractivity contribution in [2.24, 2.45) is 23.0 Å². The van der Waals surface area contributed by atoms with E-state index in [4.69, 9.17) is 19.4 Å². The summed E-state index contributed by atoms with van der Waals surface area (Å²) in [5.41, 5.74) is 4.30. The molecule has 2 aliphatic rings. The Morgan fingerprint density at radius 1 is 1.36 bits per heavy atom. The van der Waals surface area contributed by atoms with Crippen molar-refractivity contribution >= 4 is 18.3 Å². The van der Waals surface area contributed by atoms with Gasteiger partial charge >= 0.3 is 12.1 Å². The van der Waals surface area contributed by atoms with E-state index in [0.717, 1.165) is 24.9 Å². The van der Waals surface area contributed by atoms with Gasteiger partial charge in [0.05, 0.1) is 12.5 Å². The zero-order valence-electron chi connectivity index (χ0n) is 14.7. The third-order valence-electron chi connectivity index (χ3n) is 4.62. The number of carbonyl (C=O) groups is 3. The molecule has 0 aromatic rings. The number of alkyl halides is 3. The van der Waals surface area contributed by atoms with E-state index in [9.17, 15) is 18.0 Å². The molecule has 10 heteroatoms. The Hall–Kier alpha value is -1.84. The lowest BCUT2D eigenvalue weighted by Crippen LogP contribution is -2.34. The fourth-order valence-corrected chi connectivity index (χ4v) is 2.79. The van der Waals surface area contributed by atoms with Crippen molar-refractivity contribution in [2.45, 2.75) is 39.5 Å². The number of rotatable bonds is 3. The van der Waals surface area contributed by atoms with Gasteiger partial charge in [-0.3, -0.25) is 14.4 Å². The zero-order valence-corrected chi connectivity index (χ0v) is 14.7. The molecule has 1 heterocycles. The van der Waals surface area contributed by atoms with Crippen molar-refractivity contribution in [1.29, 1.82) is 0 Å². The Morgan fingerprint density at radius 2 is 1.72 bits per heavy atom. The second-order valence-corrected chi connectivity index (χ2v) is 6.55. The molecule has 2 amide bonds. The molecule has 1 saturated heterocycles. The lowest BCUT2D eigenvalue weighted by atomic mass is 10.1. The van der Waals surface area contributed by atoms with Crippen LogP contribution in [0, 0.1) is 17.3 Å². The highest BCUT2D eigenvalue weighted by Crippen LogP contribution is 2.61. The number of nitrogens with zero attached hydrogens (tertiary/aromatic N) is 1. The molecule has 146 valence electrons. The summed E-state index contributed by atoms with van der Waals surface area (Å²) in [6, 6.07) is 0. The first-order valence-electron chi connectivity index (χ1n) is 7.57. The number of hydrogen-bond donors (Lipinski definition) is 2. The molecule has 1 aliphatic heterocycles. The second-order valence-electron chi connectivity index (χ2n) is 6.55. The molecular formula is C15H25F3N2O5. The molecule has 1 saturated carbocycles. The van der Waals surface area contributed by atoms with Gasteiger partial charge in [0, 0.05) is 20.2 Å². The fourth-order valence-electron chi connectivity index (χ4n) is 2.79. The number of fused-ring (bicyclic) bond motifs is 1. The number of primary amides is 1. The number of hydrogen-bond acceptors (Lipinski definition) is 4. The Bertz CT molecular complexity index is 468. The van der Waals surface area contributed by atoms with Gasteiger partial charge in [-0.15, -0.1) is 0 Å². The van der Waals surface area contributed by atoms with Crippen LogP contribution in [0.1, 0.15) is 27.2 Å². The first kappa shape index (κ1) is 23.2. The number of likely N-dealkylation sites (tertiary alicyclic amines) is 1. The Kier molecular flexibility index (Phi) is 8.36. The standard InChI is InChI=1S/C12H21NO2.C2H2F3NO.CH2O2/c1-8(15-4)5-11(14)13-6-9-10(7-13)12(9,2)3;3-2(4,5)1(6)7;2-1-3/h8-10H,5-7H2,1-4H3;(H2,6,7);1H,(H,2,3)/t8-,9?,10?;;/m1../s1. The molecular weight excluding hydrogens is 345 g/mol. The lowest BCUT2D eigenvalue weighted by Gasteiger charge is -2.23. The van der Waals surface area contributed by atoms with E-state index in [1.54, 1.807) is 7.11 Å². The molecule has 3 N–H and O–H groups in total. The van der Waals surface area contributed by atoms with Gasteiger partial charge in [-0.05, 0) is 24.2 Å². The first-order chi connectivity index (χ1) is 11.3. The van der Waals surface area contributed by atoms with Crippen molar-refractivity contribution in [3.63, 3.8) is 0 Å². The number of nitrogens with two attached hydrogens (primary N) is 1. The van der Waals surface area contributed by atoms with Crippen LogP contribution >= 0.6 is 0 Å². The highest BCUT2D eigenvalue weighted by Gasteiger charge is 2.62. The summed E-state index contributed by atoms with van der Waals surface area (Å²) in [5, 5.41) is 6.89. The van der Waals surface area contributed by atoms with E-state index in [0.29, 0.717) is 11.8 Å². The molecule has 1 aliphatic carbocycles. The van der Waals surface area contributed by atoms with E-state index in [1.807, 2.05) is 11.8 Å². The average Bonchev–Trinajstić information content (AvgIpc) is 2.86. The summed E-state index contributed by atoms with van der Waals surface area (Å²) >= 11 is 0. The Morgan fingerprint density at radius 3 is 2.00 bits per heavy atom. The smallest absolute Gasteiger partial charge is 0.470 e. The van der Waals surface area contributed by atoms with E-state index in [-0.39, 0.29) is 18.5 Å². The van der Waals surface area contributed by atoms with Crippen LogP contribution < -0.4 is 5.73 Å². The fraction of sp³-hybridized carbons (Fsp3) is 0.800. The molecule has 3 atom stereocenters. The van der Waals surface area contributed by atoms with Gasteiger partial charge in [0.25, 0.3) is 6.47 Å². The van der Waals surface area contributed by atoms with Crippen molar-refractivity contribution in [1.82, 2.24) is 4.90 Å². The largest absolute Gasteiger partial charge is 0.483 e. The summed E-state index contributed by atoms with van der Waals surface area (Å²) in [4.78, 5) is 31.3. The average molecular weight is 370 g/mol. The van der Waals surface area contributed by atoms with Crippen LogP contribution in [0.5, 0.6) is 0 Å². The van der Waals surface area contributed by atoms with Crippen LogP contribution in [0.15, 0.2) is 0 Å². The normalized spacial score (nSPS) is 23.9. The first-order valence-corrected chi connectivity index (χ1v) is 7.57. The Balaban J connectivity index is 0.000000486. The lowest BCUT2D eigenvalue weighted by molar-refractivity contribution is -0.169. The Labute approximate surface area is 144 Å². The summed E-state index contributed by atoms with van der Waals surface area (Å²) in [6.45, 7) is 8.24. The van der Waals surface area contributed by atoms with Gasteiger partial charge in [-0.25, -0.2) is 0 Å². The number of carboxylic acid groups (broad SMARTS) is 1. The van der Waals surface area contributed by atoms with Gasteiger partial charge in [0.1, 0.15) is 0 Å². The van der Waals surface area contributed by atoms with Gasteiger partial charge in [-0.2, -0.15) is 13.2 Å². The van der Waals surface area contributed by atoms with Crippen LogP contribution in [0.4, 0.5) is 13.2 Å². The number of amides is 2. The minimum Gasteiger partial charge on any atom is -0.483 e. The summed E-state index contributed by atoms with van der Waals surface area (Å²) in [6.07, 6.45) is -4.29. The van der Waals surface area contributed by atoms with E-state index in [1.165, 1.54) is 0 Å². The number of halogens is 3. The van der Waals surface area contributed by atoms with Gasteiger partial charge in [0.2, 0.25) is 5.91 Å². The highest BCUT2D eigenvalue weighted by atomic mass is 19.4. The van der Waals surface area contributed by atoms with E-state index < -0.39 is 12.1 Å². The minimum absolute atomic E-state index is 0.0439. The van der Waals surface area contributed by atoms with Gasteiger partial charge < -0.3 is 20.5 Å². The molecule has 2 fully saturated rings. The summed E-state index contributed by atoms with van der Waals surface area (Å²) in [5.74, 6) is -0.501. The van der Waals surface area contributed by atoms with Crippen LogP contribution in [-0.4, -0.2) is 60.8 Å². The van der Waals surface area contributed by atoms with E-state index >= 15 is 0 Å². The molecule has 0 bridgehead atoms. The number of piperidine rings is 1. The predicted molar refractivity (Wildman–Crippen MR) is 82.4 cm³/mol. The SMILES string of the molecule is CO[C@H](C)CC(=O)N1CC2C(C1)C2(C)C.NC(=O)C(F)(F)F.O=CO. The molecule has 0 aromatic carbocycles. The van der Waals surface area contributed by atoms with E-state index in [2.05, 4.69) is 19.6 Å². The van der Waals surface area contributed by atoms with Crippen molar-refractivity contribution < 1.29 is 37.4 Å². The minimum atomic E-state index is -4.86. The van der Waals surface area contributed by atoms with Crippen LogP contribution in [-0.2, 0) is 19.1 Å². The molecule has 0 spiro atoms. The third kappa shape index (κ3) is 6.89. The van der Waals surface area contributed by atoms with Crippen LogP contribution in [0.25, 0.3) is 0 Å². The summed E-state index contributed by atoms with van der Waals surface area (Å²) < 4.78 is 37.2. The molecule has 7 nitrogen and oxygen atoms in total. The zero-order chi connectivity index (χ0) is 20.0.